The Kier molecular flexibility index (Phi) is 5.94. The van der Waals surface area contributed by atoms with Gasteiger partial charge in [0.15, 0.2) is 0 Å². The second-order valence-electron chi connectivity index (χ2n) is 9.18. The second kappa shape index (κ2) is 9.05. The number of methoxy groups -OCH3 is 1. The smallest absolute Gasteiger partial charge is 0.233 e. The van der Waals surface area contributed by atoms with Gasteiger partial charge in [-0.05, 0) is 49.4 Å². The number of nitrogen functional groups attached to an aromatic ring is 1. The molecule has 2 aliphatic rings. The minimum Gasteiger partial charge on any atom is -0.497 e. The SMILES string of the molecule is COc1cccc(-c2cnc(N)nc2[C@@H]2CCCN2C(=O)C2(c3ccccc3F)CCCC2)c1. The van der Waals surface area contributed by atoms with Gasteiger partial charge in [0.1, 0.15) is 11.6 Å². The molecule has 0 bridgehead atoms. The number of rotatable bonds is 5. The van der Waals surface area contributed by atoms with Crippen LogP contribution in [0.1, 0.15) is 55.8 Å². The van der Waals surface area contributed by atoms with Gasteiger partial charge in [0.05, 0.1) is 24.3 Å². The average Bonchev–Trinajstić information content (AvgIpc) is 3.55. The number of aromatic nitrogens is 2. The van der Waals surface area contributed by atoms with Crippen LogP contribution in [0.2, 0.25) is 0 Å². The van der Waals surface area contributed by atoms with E-state index in [2.05, 4.69) is 9.97 Å². The lowest BCUT2D eigenvalue weighted by atomic mass is 9.77. The topological polar surface area (TPSA) is 81.3 Å². The third kappa shape index (κ3) is 3.79. The Labute approximate surface area is 199 Å². The molecule has 7 heteroatoms. The summed E-state index contributed by atoms with van der Waals surface area (Å²) in [7, 11) is 1.63. The summed E-state index contributed by atoms with van der Waals surface area (Å²) in [5, 5.41) is 0. The van der Waals surface area contributed by atoms with Crippen LogP contribution in [-0.4, -0.2) is 34.4 Å². The summed E-state index contributed by atoms with van der Waals surface area (Å²) in [6, 6.07) is 14.2. The van der Waals surface area contributed by atoms with Crippen LogP contribution in [0.3, 0.4) is 0 Å². The largest absolute Gasteiger partial charge is 0.497 e. The lowest BCUT2D eigenvalue weighted by molar-refractivity contribution is -0.138. The van der Waals surface area contributed by atoms with E-state index in [0.29, 0.717) is 24.9 Å². The highest BCUT2D eigenvalue weighted by Crippen LogP contribution is 2.47. The maximum atomic E-state index is 14.9. The summed E-state index contributed by atoms with van der Waals surface area (Å²) >= 11 is 0. The maximum absolute atomic E-state index is 14.9. The molecule has 1 aliphatic carbocycles. The van der Waals surface area contributed by atoms with Crippen molar-refractivity contribution in [2.75, 3.05) is 19.4 Å². The summed E-state index contributed by atoms with van der Waals surface area (Å²) < 4.78 is 20.3. The summed E-state index contributed by atoms with van der Waals surface area (Å²) in [5.41, 5.74) is 8.15. The molecule has 0 radical (unpaired) electrons. The number of nitrogens with zero attached hydrogens (tertiary/aromatic N) is 3. The van der Waals surface area contributed by atoms with Gasteiger partial charge in [-0.3, -0.25) is 4.79 Å². The fourth-order valence-electron chi connectivity index (χ4n) is 5.67. The van der Waals surface area contributed by atoms with Crippen molar-refractivity contribution < 1.29 is 13.9 Å². The molecular weight excluding hydrogens is 431 g/mol. The number of carbonyl (C=O) groups is 1. The molecule has 2 fully saturated rings. The highest BCUT2D eigenvalue weighted by molar-refractivity contribution is 5.89. The van der Waals surface area contributed by atoms with Crippen LogP contribution in [0, 0.1) is 5.82 Å². The van der Waals surface area contributed by atoms with Crippen molar-refractivity contribution in [1.29, 1.82) is 0 Å². The number of halogens is 1. The molecule has 2 heterocycles. The Morgan fingerprint density at radius 3 is 2.71 bits per heavy atom. The van der Waals surface area contributed by atoms with Crippen LogP contribution < -0.4 is 10.5 Å². The molecule has 34 heavy (non-hydrogen) atoms. The van der Waals surface area contributed by atoms with Crippen molar-refractivity contribution in [1.82, 2.24) is 14.9 Å². The Morgan fingerprint density at radius 2 is 1.94 bits per heavy atom. The molecule has 3 aromatic rings. The van der Waals surface area contributed by atoms with Gasteiger partial charge in [0.25, 0.3) is 0 Å². The number of nitrogens with two attached hydrogens (primary N) is 1. The summed E-state index contributed by atoms with van der Waals surface area (Å²) in [5.74, 6) is 0.581. The molecule has 1 aromatic heterocycles. The number of hydrogen-bond donors (Lipinski definition) is 1. The molecule has 1 saturated heterocycles. The van der Waals surface area contributed by atoms with Crippen LogP contribution in [0.25, 0.3) is 11.1 Å². The zero-order chi connectivity index (χ0) is 23.7. The molecule has 1 atom stereocenters. The second-order valence-corrected chi connectivity index (χ2v) is 9.18. The average molecular weight is 461 g/mol. The maximum Gasteiger partial charge on any atom is 0.233 e. The van der Waals surface area contributed by atoms with Crippen LogP contribution >= 0.6 is 0 Å². The van der Waals surface area contributed by atoms with Gasteiger partial charge in [-0.25, -0.2) is 14.4 Å². The Bertz CT molecular complexity index is 1210. The lowest BCUT2D eigenvalue weighted by Crippen LogP contribution is -2.45. The van der Waals surface area contributed by atoms with Gasteiger partial charge < -0.3 is 15.4 Å². The Hall–Kier alpha value is -3.48. The molecule has 2 aromatic carbocycles. The predicted molar refractivity (Wildman–Crippen MR) is 129 cm³/mol. The fraction of sp³-hybridized carbons (Fsp3) is 0.370. The van der Waals surface area contributed by atoms with Crippen molar-refractivity contribution in [3.8, 4) is 16.9 Å². The summed E-state index contributed by atoms with van der Waals surface area (Å²) in [6.07, 6.45) is 6.48. The standard InChI is InChI=1S/C27H29FN4O2/c1-34-19-9-6-8-18(16-19)20-17-30-26(29)31-24(20)23-12-7-15-32(23)25(33)27(13-4-5-14-27)21-10-2-3-11-22(21)28/h2-3,6,8-11,16-17,23H,4-5,7,12-15H2,1H3,(H2,29,30,31)/t23-/m0/s1. The molecule has 2 N–H and O–H groups in total. The van der Waals surface area contributed by atoms with E-state index < -0.39 is 5.41 Å². The third-order valence-electron chi connectivity index (χ3n) is 7.30. The van der Waals surface area contributed by atoms with Gasteiger partial charge in [-0.15, -0.1) is 0 Å². The minimum atomic E-state index is -0.831. The van der Waals surface area contributed by atoms with Crippen molar-refractivity contribution in [2.45, 2.75) is 50.0 Å². The van der Waals surface area contributed by atoms with Crippen LogP contribution in [-0.2, 0) is 10.2 Å². The monoisotopic (exact) mass is 460 g/mol. The highest BCUT2D eigenvalue weighted by atomic mass is 19.1. The molecule has 0 spiro atoms. The fourth-order valence-corrected chi connectivity index (χ4v) is 5.67. The van der Waals surface area contributed by atoms with Gasteiger partial charge in [0.2, 0.25) is 11.9 Å². The van der Waals surface area contributed by atoms with E-state index >= 15 is 0 Å². The van der Waals surface area contributed by atoms with Crippen molar-refractivity contribution >= 4 is 11.9 Å². The van der Waals surface area contributed by atoms with Gasteiger partial charge in [-0.1, -0.05) is 43.2 Å². The van der Waals surface area contributed by atoms with E-state index in [9.17, 15) is 9.18 Å². The molecular formula is C27H29FN4O2. The molecule has 6 nitrogen and oxygen atoms in total. The number of amides is 1. The Morgan fingerprint density at radius 1 is 1.15 bits per heavy atom. The van der Waals surface area contributed by atoms with Crippen molar-refractivity contribution in [3.05, 3.63) is 71.8 Å². The van der Waals surface area contributed by atoms with Crippen LogP contribution in [0.15, 0.2) is 54.7 Å². The molecule has 1 amide bonds. The first-order valence-corrected chi connectivity index (χ1v) is 11.9. The van der Waals surface area contributed by atoms with Crippen molar-refractivity contribution in [2.24, 2.45) is 0 Å². The van der Waals surface area contributed by atoms with Gasteiger partial charge >= 0.3 is 0 Å². The first kappa shape index (κ1) is 22.3. The first-order chi connectivity index (χ1) is 16.5. The van der Waals surface area contributed by atoms with E-state index in [-0.39, 0.29) is 23.7 Å². The molecule has 1 saturated carbocycles. The number of anilines is 1. The van der Waals surface area contributed by atoms with E-state index in [1.807, 2.05) is 35.2 Å². The molecule has 0 unspecified atom stereocenters. The number of likely N-dealkylation sites (tertiary alicyclic amines) is 1. The predicted octanol–water partition coefficient (Wildman–Crippen LogP) is 5.05. The number of benzene rings is 2. The number of ether oxygens (including phenoxy) is 1. The van der Waals surface area contributed by atoms with E-state index in [1.165, 1.54) is 6.07 Å². The quantitative estimate of drug-likeness (QED) is 0.576. The van der Waals surface area contributed by atoms with E-state index in [0.717, 1.165) is 48.3 Å². The highest BCUT2D eigenvalue weighted by Gasteiger charge is 2.49. The van der Waals surface area contributed by atoms with Crippen LogP contribution in [0.4, 0.5) is 10.3 Å². The summed E-state index contributed by atoms with van der Waals surface area (Å²) in [6.45, 7) is 0.612. The van der Waals surface area contributed by atoms with Crippen molar-refractivity contribution in [3.63, 3.8) is 0 Å². The first-order valence-electron chi connectivity index (χ1n) is 11.9. The zero-order valence-electron chi connectivity index (χ0n) is 19.3. The van der Waals surface area contributed by atoms with Crippen LogP contribution in [0.5, 0.6) is 5.75 Å². The van der Waals surface area contributed by atoms with Gasteiger partial charge in [0, 0.05) is 23.9 Å². The molecule has 1 aliphatic heterocycles. The van der Waals surface area contributed by atoms with E-state index in [4.69, 9.17) is 10.5 Å². The normalized spacial score (nSPS) is 19.4. The third-order valence-corrected chi connectivity index (χ3v) is 7.30. The number of hydrogen-bond acceptors (Lipinski definition) is 5. The van der Waals surface area contributed by atoms with Gasteiger partial charge in [-0.2, -0.15) is 0 Å². The molecule has 5 rings (SSSR count). The molecule has 176 valence electrons. The zero-order valence-corrected chi connectivity index (χ0v) is 19.3. The summed E-state index contributed by atoms with van der Waals surface area (Å²) in [4.78, 5) is 25.0. The number of carbonyl (C=O) groups excluding carboxylic acids is 1. The minimum absolute atomic E-state index is 0.00799. The Balaban J connectivity index is 1.57. The lowest BCUT2D eigenvalue weighted by Gasteiger charge is -2.36. The van der Waals surface area contributed by atoms with E-state index in [1.54, 1.807) is 25.4 Å².